The topological polar surface area (TPSA) is 78.9 Å². The molecule has 3 rings (SSSR count). The summed E-state index contributed by atoms with van der Waals surface area (Å²) in [5.41, 5.74) is 0.910. The number of nitrogens with zero attached hydrogens (tertiary/aromatic N) is 1. The van der Waals surface area contributed by atoms with Gasteiger partial charge >= 0.3 is 6.09 Å². The molecule has 2 N–H and O–H groups in total. The monoisotopic (exact) mass is 374 g/mol. The van der Waals surface area contributed by atoms with Crippen molar-refractivity contribution in [3.8, 4) is 0 Å². The quantitative estimate of drug-likeness (QED) is 0.831. The molecule has 1 heterocycles. The maximum atomic E-state index is 12.9. The Morgan fingerprint density at radius 3 is 2.70 bits per heavy atom. The van der Waals surface area contributed by atoms with Crippen LogP contribution in [0.4, 0.5) is 4.79 Å². The largest absolute Gasteiger partial charge is 0.445 e. The van der Waals surface area contributed by atoms with Gasteiger partial charge in [0.15, 0.2) is 0 Å². The number of alkyl carbamates (subject to hydrolysis) is 1. The Morgan fingerprint density at radius 2 is 2.00 bits per heavy atom. The Balaban J connectivity index is 1.54. The van der Waals surface area contributed by atoms with Gasteiger partial charge in [-0.1, -0.05) is 44.2 Å². The second-order valence-electron chi connectivity index (χ2n) is 8.02. The second-order valence-corrected chi connectivity index (χ2v) is 8.02. The van der Waals surface area contributed by atoms with E-state index < -0.39 is 12.1 Å². The number of benzene rings is 1. The Labute approximate surface area is 160 Å². The Morgan fingerprint density at radius 1 is 1.26 bits per heavy atom. The summed E-state index contributed by atoms with van der Waals surface area (Å²) < 4.78 is 5.24. The molecule has 1 saturated heterocycles. The van der Waals surface area contributed by atoms with Gasteiger partial charge in [-0.05, 0) is 43.1 Å². The molecule has 1 aromatic carbocycles. The summed E-state index contributed by atoms with van der Waals surface area (Å²) in [7, 11) is 0. The number of aliphatic hydroxyl groups excluding tert-OH is 1. The van der Waals surface area contributed by atoms with Crippen molar-refractivity contribution in [1.29, 1.82) is 0 Å². The highest BCUT2D eigenvalue weighted by Crippen LogP contribution is 2.35. The number of aliphatic hydroxyl groups is 1. The van der Waals surface area contributed by atoms with Crippen molar-refractivity contribution in [2.24, 2.45) is 11.8 Å². The third kappa shape index (κ3) is 4.80. The maximum Gasteiger partial charge on any atom is 0.408 e. The molecule has 148 valence electrons. The van der Waals surface area contributed by atoms with Crippen LogP contribution >= 0.6 is 0 Å². The molecule has 1 aliphatic carbocycles. The number of rotatable bonds is 5. The molecule has 1 saturated carbocycles. The lowest BCUT2D eigenvalue weighted by atomic mass is 9.76. The van der Waals surface area contributed by atoms with E-state index in [0.29, 0.717) is 24.8 Å². The highest BCUT2D eigenvalue weighted by atomic mass is 16.5. The van der Waals surface area contributed by atoms with Crippen LogP contribution in [0.15, 0.2) is 30.3 Å². The van der Waals surface area contributed by atoms with Gasteiger partial charge in [0, 0.05) is 12.6 Å². The number of likely N-dealkylation sites (tertiary alicyclic amines) is 1. The van der Waals surface area contributed by atoms with Crippen molar-refractivity contribution in [3.05, 3.63) is 35.9 Å². The van der Waals surface area contributed by atoms with Crippen LogP contribution in [0.3, 0.4) is 0 Å². The molecule has 2 amide bonds. The fourth-order valence-corrected chi connectivity index (χ4v) is 4.34. The summed E-state index contributed by atoms with van der Waals surface area (Å²) in [6.45, 7) is 5.12. The van der Waals surface area contributed by atoms with Gasteiger partial charge in [0.1, 0.15) is 12.6 Å². The minimum atomic E-state index is -0.557. The number of hydrogen-bond donors (Lipinski definition) is 2. The molecule has 2 aliphatic rings. The van der Waals surface area contributed by atoms with Crippen LogP contribution in [0.2, 0.25) is 0 Å². The predicted octanol–water partition coefficient (Wildman–Crippen LogP) is 2.70. The highest BCUT2D eigenvalue weighted by Gasteiger charge is 2.42. The fraction of sp³-hybridized carbons (Fsp3) is 0.619. The summed E-state index contributed by atoms with van der Waals surface area (Å²) in [5.74, 6) is 0.667. The molecule has 2 fully saturated rings. The van der Waals surface area contributed by atoms with Crippen molar-refractivity contribution in [2.75, 3.05) is 6.54 Å². The summed E-state index contributed by atoms with van der Waals surface area (Å²) >= 11 is 0. The van der Waals surface area contributed by atoms with Crippen LogP contribution in [0, 0.1) is 11.8 Å². The smallest absolute Gasteiger partial charge is 0.408 e. The molecule has 0 spiro atoms. The first-order valence-corrected chi connectivity index (χ1v) is 9.91. The third-order valence-corrected chi connectivity index (χ3v) is 5.84. The number of ether oxygens (including phenoxy) is 1. The average molecular weight is 374 g/mol. The normalized spacial score (nSPS) is 28.4. The molecule has 1 aliphatic heterocycles. The predicted molar refractivity (Wildman–Crippen MR) is 102 cm³/mol. The van der Waals surface area contributed by atoms with E-state index in [9.17, 15) is 14.7 Å². The number of nitrogens with one attached hydrogen (secondary N) is 1. The molecular formula is C21H30N2O4. The van der Waals surface area contributed by atoms with Crippen molar-refractivity contribution in [3.63, 3.8) is 0 Å². The first-order chi connectivity index (χ1) is 13.0. The van der Waals surface area contributed by atoms with E-state index in [2.05, 4.69) is 19.2 Å². The lowest BCUT2D eigenvalue weighted by Crippen LogP contribution is -2.50. The molecular weight excluding hydrogens is 344 g/mol. The second kappa shape index (κ2) is 8.74. The number of carbonyl (C=O) groups excluding carboxylic acids is 2. The van der Waals surface area contributed by atoms with Gasteiger partial charge in [0.2, 0.25) is 5.91 Å². The van der Waals surface area contributed by atoms with E-state index in [1.54, 1.807) is 0 Å². The van der Waals surface area contributed by atoms with Crippen molar-refractivity contribution in [2.45, 2.75) is 64.3 Å². The summed E-state index contributed by atoms with van der Waals surface area (Å²) in [5, 5.41) is 12.7. The van der Waals surface area contributed by atoms with Crippen molar-refractivity contribution >= 4 is 12.0 Å². The van der Waals surface area contributed by atoms with E-state index >= 15 is 0 Å². The van der Waals surface area contributed by atoms with Crippen LogP contribution in [0.25, 0.3) is 0 Å². The van der Waals surface area contributed by atoms with Crippen molar-refractivity contribution in [1.82, 2.24) is 10.2 Å². The minimum Gasteiger partial charge on any atom is -0.445 e. The van der Waals surface area contributed by atoms with Gasteiger partial charge in [0.25, 0.3) is 0 Å². The minimum absolute atomic E-state index is 0.0290. The standard InChI is InChI=1S/C21H30N2O4/c1-14(2)17-12-16(24)8-9-19(17)23-11-10-18(20(23)25)22-21(26)27-13-15-6-4-3-5-7-15/h3-7,14,16-19,24H,8-13H2,1-2H3,(H,22,26)/t16-,17+,18+,19+/m1/s1. The van der Waals surface area contributed by atoms with Gasteiger partial charge in [0.05, 0.1) is 6.10 Å². The molecule has 0 aromatic heterocycles. The number of carbonyl (C=O) groups is 2. The average Bonchev–Trinajstić information content (AvgIpc) is 3.01. The number of amides is 2. The maximum absolute atomic E-state index is 12.9. The lowest BCUT2D eigenvalue weighted by Gasteiger charge is -2.41. The van der Waals surface area contributed by atoms with Gasteiger partial charge in [-0.2, -0.15) is 0 Å². The van der Waals surface area contributed by atoms with Crippen LogP contribution in [-0.2, 0) is 16.1 Å². The summed E-state index contributed by atoms with van der Waals surface area (Å²) in [6, 6.07) is 9.09. The van der Waals surface area contributed by atoms with Crippen LogP contribution in [0.5, 0.6) is 0 Å². The zero-order chi connectivity index (χ0) is 19.4. The Hall–Kier alpha value is -2.08. The van der Waals surface area contributed by atoms with Crippen molar-refractivity contribution < 1.29 is 19.4 Å². The number of hydrogen-bond acceptors (Lipinski definition) is 4. The zero-order valence-corrected chi connectivity index (χ0v) is 16.1. The molecule has 27 heavy (non-hydrogen) atoms. The molecule has 0 radical (unpaired) electrons. The molecule has 4 atom stereocenters. The zero-order valence-electron chi connectivity index (χ0n) is 16.1. The van der Waals surface area contributed by atoms with Gasteiger partial charge in [-0.25, -0.2) is 4.79 Å². The van der Waals surface area contributed by atoms with Crippen LogP contribution in [-0.4, -0.2) is 46.7 Å². The summed E-state index contributed by atoms with van der Waals surface area (Å²) in [4.78, 5) is 26.9. The summed E-state index contributed by atoms with van der Waals surface area (Å²) in [6.07, 6.45) is 2.06. The van der Waals surface area contributed by atoms with E-state index in [-0.39, 0.29) is 24.7 Å². The van der Waals surface area contributed by atoms with E-state index in [1.165, 1.54) is 0 Å². The molecule has 1 aromatic rings. The molecule has 6 heteroatoms. The lowest BCUT2D eigenvalue weighted by molar-refractivity contribution is -0.134. The SMILES string of the molecule is CC(C)[C@@H]1C[C@H](O)CC[C@@H]1N1CC[C@H](NC(=O)OCc2ccccc2)C1=O. The third-order valence-electron chi connectivity index (χ3n) is 5.84. The first-order valence-electron chi connectivity index (χ1n) is 9.91. The Bertz CT molecular complexity index is 649. The fourth-order valence-electron chi connectivity index (χ4n) is 4.34. The van der Waals surface area contributed by atoms with Gasteiger partial charge < -0.3 is 20.1 Å². The Kier molecular flexibility index (Phi) is 6.37. The van der Waals surface area contributed by atoms with E-state index in [4.69, 9.17) is 4.74 Å². The van der Waals surface area contributed by atoms with Gasteiger partial charge in [-0.3, -0.25) is 4.79 Å². The highest BCUT2D eigenvalue weighted by molar-refractivity contribution is 5.87. The first kappa shape index (κ1) is 19.7. The van der Waals surface area contributed by atoms with Crippen LogP contribution < -0.4 is 5.32 Å². The molecule has 0 unspecified atom stereocenters. The van der Waals surface area contributed by atoms with E-state index in [0.717, 1.165) is 24.8 Å². The van der Waals surface area contributed by atoms with Crippen LogP contribution in [0.1, 0.15) is 45.1 Å². The molecule has 6 nitrogen and oxygen atoms in total. The van der Waals surface area contributed by atoms with Gasteiger partial charge in [-0.15, -0.1) is 0 Å². The van der Waals surface area contributed by atoms with E-state index in [1.807, 2.05) is 35.2 Å². The molecule has 0 bridgehead atoms.